The Labute approximate surface area is 175 Å². The second kappa shape index (κ2) is 7.94. The van der Waals surface area contributed by atoms with Crippen LogP contribution in [0.3, 0.4) is 0 Å². The maximum Gasteiger partial charge on any atom is 0.247 e. The van der Waals surface area contributed by atoms with Gasteiger partial charge >= 0.3 is 0 Å². The number of sulfonamides is 1. The highest BCUT2D eigenvalue weighted by molar-refractivity contribution is 7.88. The van der Waals surface area contributed by atoms with Gasteiger partial charge in [-0.15, -0.1) is 0 Å². The van der Waals surface area contributed by atoms with Crippen LogP contribution in [0.25, 0.3) is 10.2 Å². The van der Waals surface area contributed by atoms with Gasteiger partial charge < -0.3 is 4.74 Å². The smallest absolute Gasteiger partial charge is 0.247 e. The fraction of sp³-hybridized carbons (Fsp3) is 0.600. The fourth-order valence-electron chi connectivity index (χ4n) is 4.15. The van der Waals surface area contributed by atoms with Crippen molar-refractivity contribution in [3.63, 3.8) is 0 Å². The molecule has 1 amide bonds. The Morgan fingerprint density at radius 3 is 2.79 bits per heavy atom. The minimum absolute atomic E-state index is 0.0399. The largest absolute Gasteiger partial charge is 0.376 e. The SMILES string of the molecule is Cc1ccc2sc(N(CC3CCCO3)C(=O)C3CCCN3S(C)(=O)=O)nc2c1C. The standard InChI is InChI=1S/C20H27N3O4S2/c1-13-8-9-17-18(14(13)2)21-20(28-17)22(12-15-6-5-11-27-15)19(24)16-7-4-10-23(16)29(3,25)26/h8-9,15-16H,4-7,10-12H2,1-3H3. The zero-order valence-electron chi connectivity index (χ0n) is 17.1. The minimum Gasteiger partial charge on any atom is -0.376 e. The molecule has 0 aliphatic carbocycles. The zero-order valence-corrected chi connectivity index (χ0v) is 18.7. The first-order valence-electron chi connectivity index (χ1n) is 10.0. The van der Waals surface area contributed by atoms with Crippen LogP contribution in [-0.2, 0) is 19.6 Å². The van der Waals surface area contributed by atoms with E-state index in [4.69, 9.17) is 9.72 Å². The van der Waals surface area contributed by atoms with Gasteiger partial charge in [-0.2, -0.15) is 4.31 Å². The van der Waals surface area contributed by atoms with Crippen LogP contribution < -0.4 is 4.90 Å². The Balaban J connectivity index is 1.71. The summed E-state index contributed by atoms with van der Waals surface area (Å²) in [6.45, 7) is 5.58. The average Bonchev–Trinajstić information content (AvgIpc) is 3.41. The van der Waals surface area contributed by atoms with Crippen LogP contribution in [0.15, 0.2) is 12.1 Å². The first-order valence-corrected chi connectivity index (χ1v) is 12.7. The Kier molecular flexibility index (Phi) is 5.67. The van der Waals surface area contributed by atoms with E-state index in [2.05, 4.69) is 6.07 Å². The lowest BCUT2D eigenvalue weighted by atomic mass is 10.1. The number of amides is 1. The quantitative estimate of drug-likeness (QED) is 0.719. The normalized spacial score (nSPS) is 23.1. The Bertz CT molecular complexity index is 1030. The van der Waals surface area contributed by atoms with Crippen LogP contribution in [0.5, 0.6) is 0 Å². The molecule has 9 heteroatoms. The molecule has 2 unspecified atom stereocenters. The molecule has 0 saturated carbocycles. The molecule has 2 aliphatic rings. The molecule has 2 aromatic rings. The van der Waals surface area contributed by atoms with Crippen LogP contribution in [0, 0.1) is 13.8 Å². The van der Waals surface area contributed by atoms with E-state index in [-0.39, 0.29) is 12.0 Å². The van der Waals surface area contributed by atoms with Crippen LogP contribution in [-0.4, -0.2) is 61.7 Å². The molecule has 2 aliphatic heterocycles. The van der Waals surface area contributed by atoms with Gasteiger partial charge in [0.1, 0.15) is 6.04 Å². The van der Waals surface area contributed by atoms with Crippen LogP contribution in [0.1, 0.15) is 36.8 Å². The lowest BCUT2D eigenvalue weighted by molar-refractivity contribution is -0.122. The molecule has 0 N–H and O–H groups in total. The van der Waals surface area contributed by atoms with Crippen molar-refractivity contribution in [1.29, 1.82) is 0 Å². The number of benzene rings is 1. The fourth-order valence-corrected chi connectivity index (χ4v) is 6.31. The first kappa shape index (κ1) is 20.7. The molecular formula is C20H27N3O4S2. The number of hydrogen-bond acceptors (Lipinski definition) is 6. The zero-order chi connectivity index (χ0) is 20.8. The number of thiazole rings is 1. The summed E-state index contributed by atoms with van der Waals surface area (Å²) in [7, 11) is -3.44. The molecule has 2 saturated heterocycles. The molecule has 158 valence electrons. The molecule has 0 spiro atoms. The van der Waals surface area contributed by atoms with Crippen LogP contribution in [0.2, 0.25) is 0 Å². The van der Waals surface area contributed by atoms with Crippen molar-refractivity contribution in [3.8, 4) is 0 Å². The monoisotopic (exact) mass is 437 g/mol. The van der Waals surface area contributed by atoms with Gasteiger partial charge in [-0.1, -0.05) is 17.4 Å². The van der Waals surface area contributed by atoms with Crippen molar-refractivity contribution in [2.24, 2.45) is 0 Å². The van der Waals surface area contributed by atoms with Gasteiger partial charge in [-0.25, -0.2) is 13.4 Å². The number of hydrogen-bond donors (Lipinski definition) is 0. The lowest BCUT2D eigenvalue weighted by Gasteiger charge is -2.29. The maximum absolute atomic E-state index is 13.6. The minimum atomic E-state index is -3.44. The number of aryl methyl sites for hydroxylation is 2. The van der Waals surface area contributed by atoms with Gasteiger partial charge in [0.2, 0.25) is 15.9 Å². The van der Waals surface area contributed by atoms with Crippen molar-refractivity contribution in [2.45, 2.75) is 51.7 Å². The number of carbonyl (C=O) groups excluding carboxylic acids is 1. The summed E-state index contributed by atoms with van der Waals surface area (Å²) in [5, 5.41) is 0.620. The van der Waals surface area contributed by atoms with Gasteiger partial charge in [0.25, 0.3) is 0 Å². The second-order valence-electron chi connectivity index (χ2n) is 7.97. The van der Waals surface area contributed by atoms with Crippen molar-refractivity contribution < 1.29 is 17.9 Å². The molecule has 29 heavy (non-hydrogen) atoms. The van der Waals surface area contributed by atoms with E-state index in [1.165, 1.54) is 21.9 Å². The summed E-state index contributed by atoms with van der Waals surface area (Å²) >= 11 is 1.48. The highest BCUT2D eigenvalue weighted by atomic mass is 32.2. The van der Waals surface area contributed by atoms with Gasteiger partial charge in [0.15, 0.2) is 5.13 Å². The molecule has 2 fully saturated rings. The third-order valence-corrected chi connectivity index (χ3v) is 8.23. The molecule has 7 nitrogen and oxygen atoms in total. The third-order valence-electron chi connectivity index (χ3n) is 5.90. The maximum atomic E-state index is 13.6. The summed E-state index contributed by atoms with van der Waals surface area (Å²) in [5.74, 6) is -0.197. The van der Waals surface area contributed by atoms with E-state index < -0.39 is 16.1 Å². The van der Waals surface area contributed by atoms with Crippen molar-refractivity contribution in [1.82, 2.24) is 9.29 Å². The number of ether oxygens (including phenoxy) is 1. The van der Waals surface area contributed by atoms with E-state index in [0.717, 1.165) is 34.2 Å². The Morgan fingerprint density at radius 2 is 2.10 bits per heavy atom. The molecule has 0 bridgehead atoms. The number of aromatic nitrogens is 1. The number of fused-ring (bicyclic) bond motifs is 1. The van der Waals surface area contributed by atoms with Gasteiger partial charge in [-0.3, -0.25) is 9.69 Å². The van der Waals surface area contributed by atoms with Crippen molar-refractivity contribution in [3.05, 3.63) is 23.3 Å². The topological polar surface area (TPSA) is 79.8 Å². The van der Waals surface area contributed by atoms with Gasteiger partial charge in [0, 0.05) is 13.2 Å². The summed E-state index contributed by atoms with van der Waals surface area (Å²) in [6.07, 6.45) is 4.23. The van der Waals surface area contributed by atoms with E-state index in [0.29, 0.717) is 37.7 Å². The molecule has 1 aromatic heterocycles. The highest BCUT2D eigenvalue weighted by Gasteiger charge is 2.40. The number of carbonyl (C=O) groups is 1. The molecule has 4 rings (SSSR count). The summed E-state index contributed by atoms with van der Waals surface area (Å²) < 4.78 is 32.5. The van der Waals surface area contributed by atoms with Crippen LogP contribution in [0.4, 0.5) is 5.13 Å². The second-order valence-corrected chi connectivity index (χ2v) is 10.9. The number of rotatable bonds is 5. The van der Waals surface area contributed by atoms with E-state index >= 15 is 0 Å². The predicted octanol–water partition coefficient (Wildman–Crippen LogP) is 2.85. The van der Waals surface area contributed by atoms with Crippen molar-refractivity contribution in [2.75, 3.05) is 30.9 Å². The van der Waals surface area contributed by atoms with E-state index in [9.17, 15) is 13.2 Å². The molecule has 0 radical (unpaired) electrons. The highest BCUT2D eigenvalue weighted by Crippen LogP contribution is 2.34. The van der Waals surface area contributed by atoms with Gasteiger partial charge in [0.05, 0.1) is 29.1 Å². The molecule has 1 aromatic carbocycles. The third kappa shape index (κ3) is 4.05. The predicted molar refractivity (Wildman–Crippen MR) is 115 cm³/mol. The summed E-state index contributed by atoms with van der Waals surface area (Å²) in [4.78, 5) is 20.0. The number of anilines is 1. The lowest BCUT2D eigenvalue weighted by Crippen LogP contribution is -2.49. The van der Waals surface area contributed by atoms with Gasteiger partial charge in [-0.05, 0) is 56.7 Å². The average molecular weight is 438 g/mol. The summed E-state index contributed by atoms with van der Waals surface area (Å²) in [5.41, 5.74) is 3.17. The summed E-state index contributed by atoms with van der Waals surface area (Å²) in [6, 6.07) is 3.43. The molecule has 2 atom stereocenters. The molecular weight excluding hydrogens is 410 g/mol. The van der Waals surface area contributed by atoms with Crippen LogP contribution >= 0.6 is 11.3 Å². The number of nitrogens with zero attached hydrogens (tertiary/aromatic N) is 3. The molecule has 3 heterocycles. The Morgan fingerprint density at radius 1 is 1.31 bits per heavy atom. The Hall–Kier alpha value is -1.55. The first-order chi connectivity index (χ1) is 13.8. The van der Waals surface area contributed by atoms with Crippen molar-refractivity contribution >= 4 is 42.6 Å². The van der Waals surface area contributed by atoms with E-state index in [1.54, 1.807) is 4.90 Å². The van der Waals surface area contributed by atoms with E-state index in [1.807, 2.05) is 19.9 Å².